The lowest BCUT2D eigenvalue weighted by atomic mass is 10.0. The van der Waals surface area contributed by atoms with E-state index in [1.54, 1.807) is 0 Å². The first kappa shape index (κ1) is 24.6. The molecule has 1 aromatic carbocycles. The van der Waals surface area contributed by atoms with Gasteiger partial charge in [0.1, 0.15) is 4.90 Å². The van der Waals surface area contributed by atoms with E-state index in [1.165, 1.54) is 88.5 Å². The van der Waals surface area contributed by atoms with Gasteiger partial charge >= 0.3 is 0 Å². The first-order chi connectivity index (χ1) is 13.5. The molecule has 28 heavy (non-hydrogen) atoms. The van der Waals surface area contributed by atoms with Crippen LogP contribution in [0.1, 0.15) is 96.8 Å². The summed E-state index contributed by atoms with van der Waals surface area (Å²) >= 11 is 0. The van der Waals surface area contributed by atoms with E-state index in [1.807, 2.05) is 0 Å². The van der Waals surface area contributed by atoms with Crippen LogP contribution in [-0.4, -0.2) is 19.1 Å². The number of benzene rings is 1. The molecule has 0 aromatic heterocycles. The fourth-order valence-corrected chi connectivity index (χ4v) is 5.02. The van der Waals surface area contributed by atoms with Crippen molar-refractivity contribution in [3.05, 3.63) is 34.4 Å². The van der Waals surface area contributed by atoms with Gasteiger partial charge in [0, 0.05) is 6.07 Å². The highest BCUT2D eigenvalue weighted by Gasteiger charge is 2.24. The third-order valence-electron chi connectivity index (χ3n) is 5.16. The predicted octanol–water partition coefficient (Wildman–Crippen LogP) is 6.85. The number of hydrogen-bond donors (Lipinski definition) is 0. The maximum absolute atomic E-state index is 12.4. The fraction of sp³-hybridized carbons (Fsp3) is 0.727. The standard InChI is InChI=1S/C22H37NO4S/c1-2-3-4-5-6-7-8-9-10-11-12-13-14-17-20-28(26,27)22-19-16-15-18-21(22)23(24)25/h15-16,18-19H,2-14,17,20H2,1H3. The van der Waals surface area contributed by atoms with Crippen LogP contribution in [0.5, 0.6) is 0 Å². The molecule has 0 atom stereocenters. The number of rotatable bonds is 17. The molecule has 1 aromatic rings. The Kier molecular flexibility index (Phi) is 12.8. The molecule has 0 unspecified atom stereocenters. The van der Waals surface area contributed by atoms with Gasteiger partial charge < -0.3 is 0 Å². The molecule has 0 heterocycles. The second-order valence-electron chi connectivity index (χ2n) is 7.64. The quantitative estimate of drug-likeness (QED) is 0.159. The van der Waals surface area contributed by atoms with Gasteiger partial charge in [-0.25, -0.2) is 8.42 Å². The zero-order valence-corrected chi connectivity index (χ0v) is 18.2. The van der Waals surface area contributed by atoms with Gasteiger partial charge in [-0.3, -0.25) is 10.1 Å². The third kappa shape index (κ3) is 10.2. The molecule has 0 aliphatic rings. The average Bonchev–Trinajstić information content (AvgIpc) is 2.68. The summed E-state index contributed by atoms with van der Waals surface area (Å²) in [6, 6.07) is 5.60. The van der Waals surface area contributed by atoms with Gasteiger partial charge in [0.15, 0.2) is 9.84 Å². The van der Waals surface area contributed by atoms with Crippen molar-refractivity contribution >= 4 is 15.5 Å². The first-order valence-electron chi connectivity index (χ1n) is 10.9. The molecule has 0 radical (unpaired) electrons. The van der Waals surface area contributed by atoms with Crippen LogP contribution in [0.2, 0.25) is 0 Å². The minimum absolute atomic E-state index is 0.0180. The number of nitro groups is 1. The Balaban J connectivity index is 2.08. The van der Waals surface area contributed by atoms with Crippen LogP contribution in [0.4, 0.5) is 5.69 Å². The van der Waals surface area contributed by atoms with E-state index in [2.05, 4.69) is 6.92 Å². The van der Waals surface area contributed by atoms with E-state index < -0.39 is 14.8 Å². The SMILES string of the molecule is CCCCCCCCCCCCCCCCS(=O)(=O)c1ccccc1[N+](=O)[O-]. The molecule has 0 aliphatic heterocycles. The second kappa shape index (κ2) is 14.6. The van der Waals surface area contributed by atoms with Crippen LogP contribution in [0.15, 0.2) is 29.2 Å². The highest BCUT2D eigenvalue weighted by Crippen LogP contribution is 2.25. The van der Waals surface area contributed by atoms with Crippen molar-refractivity contribution in [3.63, 3.8) is 0 Å². The Morgan fingerprint density at radius 1 is 0.750 bits per heavy atom. The summed E-state index contributed by atoms with van der Waals surface area (Å²) in [7, 11) is -3.59. The number of sulfone groups is 1. The van der Waals surface area contributed by atoms with Crippen LogP contribution in [0.25, 0.3) is 0 Å². The van der Waals surface area contributed by atoms with Gasteiger partial charge in [0.25, 0.3) is 5.69 Å². The summed E-state index contributed by atoms with van der Waals surface area (Å²) in [5.41, 5.74) is -0.326. The minimum atomic E-state index is -3.59. The van der Waals surface area contributed by atoms with Gasteiger partial charge in [-0.05, 0) is 12.5 Å². The Morgan fingerprint density at radius 3 is 1.64 bits per heavy atom. The summed E-state index contributed by atoms with van der Waals surface area (Å²) in [5, 5.41) is 11.0. The zero-order valence-electron chi connectivity index (χ0n) is 17.4. The molecular weight excluding hydrogens is 374 g/mol. The summed E-state index contributed by atoms with van der Waals surface area (Å²) in [6.07, 6.45) is 16.9. The summed E-state index contributed by atoms with van der Waals surface area (Å²) in [6.45, 7) is 2.24. The van der Waals surface area contributed by atoms with Gasteiger partial charge in [-0.2, -0.15) is 0 Å². The molecule has 5 nitrogen and oxygen atoms in total. The fourth-order valence-electron chi connectivity index (χ4n) is 3.47. The molecule has 0 spiro atoms. The van der Waals surface area contributed by atoms with Crippen LogP contribution < -0.4 is 0 Å². The number of hydrogen-bond acceptors (Lipinski definition) is 4. The highest BCUT2D eigenvalue weighted by atomic mass is 32.2. The molecule has 1 rings (SSSR count). The minimum Gasteiger partial charge on any atom is -0.258 e. The van der Waals surface area contributed by atoms with Crippen molar-refractivity contribution in [1.29, 1.82) is 0 Å². The number of nitrogens with zero attached hydrogens (tertiary/aromatic N) is 1. The monoisotopic (exact) mass is 411 g/mol. The largest absolute Gasteiger partial charge is 0.287 e. The number of nitro benzene ring substituents is 1. The van der Waals surface area contributed by atoms with Gasteiger partial charge in [-0.15, -0.1) is 0 Å². The zero-order chi connectivity index (χ0) is 20.7. The molecule has 0 aliphatic carbocycles. The van der Waals surface area contributed by atoms with Gasteiger partial charge in [-0.1, -0.05) is 103 Å². The molecule has 6 heteroatoms. The highest BCUT2D eigenvalue weighted by molar-refractivity contribution is 7.91. The smallest absolute Gasteiger partial charge is 0.258 e. The summed E-state index contributed by atoms with van der Waals surface area (Å²) in [4.78, 5) is 10.2. The van der Waals surface area contributed by atoms with E-state index in [-0.39, 0.29) is 16.3 Å². The molecule has 0 saturated carbocycles. The van der Waals surface area contributed by atoms with E-state index in [4.69, 9.17) is 0 Å². The van der Waals surface area contributed by atoms with E-state index >= 15 is 0 Å². The van der Waals surface area contributed by atoms with Crippen LogP contribution >= 0.6 is 0 Å². The van der Waals surface area contributed by atoms with E-state index in [0.717, 1.165) is 19.3 Å². The van der Waals surface area contributed by atoms with Crippen molar-refractivity contribution in [2.24, 2.45) is 0 Å². The Bertz CT molecular complexity index is 658. The average molecular weight is 412 g/mol. The van der Waals surface area contributed by atoms with Crippen LogP contribution in [0, 0.1) is 10.1 Å². The first-order valence-corrected chi connectivity index (χ1v) is 12.6. The predicted molar refractivity (Wildman–Crippen MR) is 115 cm³/mol. The van der Waals surface area contributed by atoms with Crippen LogP contribution in [-0.2, 0) is 9.84 Å². The Hall–Kier alpha value is -1.43. The maximum atomic E-state index is 12.4. The lowest BCUT2D eigenvalue weighted by Crippen LogP contribution is -2.09. The molecule has 160 valence electrons. The number of unbranched alkanes of at least 4 members (excludes halogenated alkanes) is 13. The molecule has 0 fully saturated rings. The lowest BCUT2D eigenvalue weighted by molar-refractivity contribution is -0.387. The Morgan fingerprint density at radius 2 is 1.18 bits per heavy atom. The van der Waals surface area contributed by atoms with Crippen molar-refractivity contribution in [1.82, 2.24) is 0 Å². The van der Waals surface area contributed by atoms with E-state index in [9.17, 15) is 18.5 Å². The molecule has 0 amide bonds. The van der Waals surface area contributed by atoms with Crippen molar-refractivity contribution in [3.8, 4) is 0 Å². The molecule has 0 saturated heterocycles. The Labute approximate surface area is 171 Å². The van der Waals surface area contributed by atoms with Crippen molar-refractivity contribution < 1.29 is 13.3 Å². The maximum Gasteiger partial charge on any atom is 0.287 e. The topological polar surface area (TPSA) is 77.3 Å². The van der Waals surface area contributed by atoms with E-state index in [0.29, 0.717) is 6.42 Å². The lowest BCUT2D eigenvalue weighted by Gasteiger charge is -2.06. The molecule has 0 bridgehead atoms. The third-order valence-corrected chi connectivity index (χ3v) is 7.01. The molecule has 0 N–H and O–H groups in total. The number of para-hydroxylation sites is 1. The normalized spacial score (nSPS) is 11.6. The van der Waals surface area contributed by atoms with Crippen LogP contribution in [0.3, 0.4) is 0 Å². The van der Waals surface area contributed by atoms with Crippen molar-refractivity contribution in [2.45, 2.75) is 102 Å². The van der Waals surface area contributed by atoms with Gasteiger partial charge in [0.05, 0.1) is 10.7 Å². The summed E-state index contributed by atoms with van der Waals surface area (Å²) < 4.78 is 24.7. The van der Waals surface area contributed by atoms with Crippen molar-refractivity contribution in [2.75, 3.05) is 5.75 Å². The summed E-state index contributed by atoms with van der Waals surface area (Å²) in [5.74, 6) is -0.0180. The molecular formula is C22H37NO4S. The van der Waals surface area contributed by atoms with Gasteiger partial charge in [0.2, 0.25) is 0 Å². The second-order valence-corrected chi connectivity index (χ2v) is 9.72.